The van der Waals surface area contributed by atoms with Gasteiger partial charge < -0.3 is 0 Å². The van der Waals surface area contributed by atoms with E-state index in [9.17, 15) is 8.42 Å². The van der Waals surface area contributed by atoms with Crippen molar-refractivity contribution in [1.82, 2.24) is 5.43 Å². The molecule has 0 aromatic heterocycles. The van der Waals surface area contributed by atoms with E-state index in [4.69, 9.17) is 29.0 Å². The Morgan fingerprint density at radius 2 is 2.00 bits per heavy atom. The number of nitrogens with two attached hydrogens (primary N) is 1. The van der Waals surface area contributed by atoms with E-state index in [2.05, 4.69) is 5.43 Å². The first-order valence-electron chi connectivity index (χ1n) is 5.34. The fourth-order valence-electron chi connectivity index (χ4n) is 1.58. The Hall–Kier alpha value is -0.330. The summed E-state index contributed by atoms with van der Waals surface area (Å²) in [7, 11) is -3.17. The van der Waals surface area contributed by atoms with Crippen LogP contribution in [0.3, 0.4) is 0 Å². The van der Waals surface area contributed by atoms with E-state index < -0.39 is 21.1 Å². The number of nitrogens with one attached hydrogen (secondary N) is 1. The van der Waals surface area contributed by atoms with E-state index in [0.717, 1.165) is 5.56 Å². The molecular weight excluding hydrogens is 295 g/mol. The van der Waals surface area contributed by atoms with Crippen molar-refractivity contribution in [2.45, 2.75) is 24.6 Å². The van der Waals surface area contributed by atoms with Crippen LogP contribution in [0.5, 0.6) is 0 Å². The highest BCUT2D eigenvalue weighted by Crippen LogP contribution is 2.23. The molecule has 0 radical (unpaired) electrons. The molecule has 0 saturated heterocycles. The predicted molar refractivity (Wildman–Crippen MR) is 75.6 cm³/mol. The molecule has 0 amide bonds. The first-order chi connectivity index (χ1) is 8.25. The molecule has 0 aliphatic heterocycles. The highest BCUT2D eigenvalue weighted by Gasteiger charge is 2.25. The van der Waals surface area contributed by atoms with Crippen molar-refractivity contribution in [3.63, 3.8) is 0 Å². The van der Waals surface area contributed by atoms with Crippen LogP contribution in [-0.2, 0) is 16.3 Å². The molecule has 0 aliphatic rings. The minimum Gasteiger partial charge on any atom is -0.271 e. The molecular formula is C11H16Cl2N2O2S. The molecule has 1 rings (SSSR count). The predicted octanol–water partition coefficient (Wildman–Crippen LogP) is 1.80. The van der Waals surface area contributed by atoms with Crippen LogP contribution in [0.1, 0.15) is 12.5 Å². The van der Waals surface area contributed by atoms with Crippen LogP contribution in [0.2, 0.25) is 10.0 Å². The molecule has 7 heteroatoms. The second-order valence-corrected chi connectivity index (χ2v) is 7.49. The zero-order chi connectivity index (χ0) is 13.9. The smallest absolute Gasteiger partial charge is 0.151 e. The molecule has 0 spiro atoms. The minimum atomic E-state index is -3.17. The normalized spacial score (nSPS) is 15.4. The molecule has 0 aliphatic carbocycles. The molecule has 1 aromatic rings. The lowest BCUT2D eigenvalue weighted by Crippen LogP contribution is -2.47. The van der Waals surface area contributed by atoms with Gasteiger partial charge in [-0.3, -0.25) is 11.3 Å². The second kappa shape index (κ2) is 6.21. The van der Waals surface area contributed by atoms with Gasteiger partial charge in [0.05, 0.1) is 5.25 Å². The molecule has 18 heavy (non-hydrogen) atoms. The van der Waals surface area contributed by atoms with E-state index in [1.54, 1.807) is 25.1 Å². The quantitative estimate of drug-likeness (QED) is 0.642. The zero-order valence-corrected chi connectivity index (χ0v) is 12.5. The van der Waals surface area contributed by atoms with Crippen LogP contribution >= 0.6 is 23.2 Å². The summed E-state index contributed by atoms with van der Waals surface area (Å²) >= 11 is 11.8. The van der Waals surface area contributed by atoms with Crippen molar-refractivity contribution in [2.24, 2.45) is 5.84 Å². The molecule has 3 N–H and O–H groups in total. The van der Waals surface area contributed by atoms with Crippen molar-refractivity contribution in [1.29, 1.82) is 0 Å². The number of halogens is 2. The van der Waals surface area contributed by atoms with Crippen molar-refractivity contribution < 1.29 is 8.42 Å². The largest absolute Gasteiger partial charge is 0.271 e. The van der Waals surface area contributed by atoms with Crippen LogP contribution in [0, 0.1) is 0 Å². The Bertz CT molecular complexity index is 520. The SMILES string of the molecule is CC(C(Cc1ccc(Cl)cc1Cl)NN)S(C)(=O)=O. The van der Waals surface area contributed by atoms with Crippen LogP contribution in [-0.4, -0.2) is 26.0 Å². The van der Waals surface area contributed by atoms with E-state index in [1.807, 2.05) is 0 Å². The van der Waals surface area contributed by atoms with Gasteiger partial charge in [0.15, 0.2) is 9.84 Å². The van der Waals surface area contributed by atoms with Crippen LogP contribution in [0.15, 0.2) is 18.2 Å². The fourth-order valence-corrected chi connectivity index (χ4v) is 2.84. The minimum absolute atomic E-state index is 0.404. The summed E-state index contributed by atoms with van der Waals surface area (Å²) < 4.78 is 23.0. The Balaban J connectivity index is 2.93. The first-order valence-corrected chi connectivity index (χ1v) is 8.05. The van der Waals surface area contributed by atoms with E-state index >= 15 is 0 Å². The number of sulfone groups is 1. The van der Waals surface area contributed by atoms with Crippen LogP contribution in [0.25, 0.3) is 0 Å². The van der Waals surface area contributed by atoms with Crippen molar-refractivity contribution in [3.05, 3.63) is 33.8 Å². The van der Waals surface area contributed by atoms with E-state index in [1.165, 1.54) is 6.26 Å². The number of hydrogen-bond acceptors (Lipinski definition) is 4. The maximum atomic E-state index is 11.5. The van der Waals surface area contributed by atoms with Gasteiger partial charge in [0.2, 0.25) is 0 Å². The van der Waals surface area contributed by atoms with Crippen molar-refractivity contribution in [3.8, 4) is 0 Å². The Kier molecular flexibility index (Phi) is 5.43. The van der Waals surface area contributed by atoms with E-state index in [-0.39, 0.29) is 0 Å². The molecule has 1 aromatic carbocycles. The molecule has 0 saturated carbocycles. The van der Waals surface area contributed by atoms with Gasteiger partial charge in [0, 0.05) is 22.3 Å². The summed E-state index contributed by atoms with van der Waals surface area (Å²) in [6.07, 6.45) is 1.60. The lowest BCUT2D eigenvalue weighted by Gasteiger charge is -2.22. The van der Waals surface area contributed by atoms with Crippen molar-refractivity contribution in [2.75, 3.05) is 6.26 Å². The van der Waals surface area contributed by atoms with Gasteiger partial charge in [-0.2, -0.15) is 0 Å². The number of benzene rings is 1. The lowest BCUT2D eigenvalue weighted by molar-refractivity contribution is 0.494. The summed E-state index contributed by atoms with van der Waals surface area (Å²) in [5.74, 6) is 5.41. The summed E-state index contributed by atoms with van der Waals surface area (Å²) in [5, 5.41) is 0.440. The van der Waals surface area contributed by atoms with Gasteiger partial charge in [-0.25, -0.2) is 8.42 Å². The maximum Gasteiger partial charge on any atom is 0.151 e. The fraction of sp³-hybridized carbons (Fsp3) is 0.455. The standard InChI is InChI=1S/C11H16Cl2N2O2S/c1-7(18(2,16)17)11(15-14)5-8-3-4-9(12)6-10(8)13/h3-4,6-7,11,15H,5,14H2,1-2H3. The average molecular weight is 311 g/mol. The van der Waals surface area contributed by atoms with Gasteiger partial charge in [-0.05, 0) is 31.0 Å². The number of hydrazine groups is 1. The summed E-state index contributed by atoms with van der Waals surface area (Å²) in [5.41, 5.74) is 3.33. The molecule has 4 nitrogen and oxygen atoms in total. The number of rotatable bonds is 5. The highest BCUT2D eigenvalue weighted by molar-refractivity contribution is 7.91. The van der Waals surface area contributed by atoms with Gasteiger partial charge in [-0.15, -0.1) is 0 Å². The lowest BCUT2D eigenvalue weighted by atomic mass is 10.0. The van der Waals surface area contributed by atoms with E-state index in [0.29, 0.717) is 16.5 Å². The molecule has 0 fully saturated rings. The van der Waals surface area contributed by atoms with Crippen LogP contribution < -0.4 is 11.3 Å². The molecule has 0 heterocycles. The second-order valence-electron chi connectivity index (χ2n) is 4.25. The Morgan fingerprint density at radius 3 is 2.44 bits per heavy atom. The number of hydrogen-bond donors (Lipinski definition) is 2. The van der Waals surface area contributed by atoms with Gasteiger partial charge in [0.25, 0.3) is 0 Å². The zero-order valence-electron chi connectivity index (χ0n) is 10.2. The van der Waals surface area contributed by atoms with Crippen LogP contribution in [0.4, 0.5) is 0 Å². The topological polar surface area (TPSA) is 72.2 Å². The third-order valence-corrected chi connectivity index (χ3v) is 5.18. The summed E-state index contributed by atoms with van der Waals surface area (Å²) in [6, 6.07) is 4.70. The molecule has 2 unspecified atom stereocenters. The Morgan fingerprint density at radius 1 is 1.39 bits per heavy atom. The third kappa shape index (κ3) is 4.10. The average Bonchev–Trinajstić information content (AvgIpc) is 2.26. The monoisotopic (exact) mass is 310 g/mol. The Labute approximate surface area is 117 Å². The maximum absolute atomic E-state index is 11.5. The highest BCUT2D eigenvalue weighted by atomic mass is 35.5. The third-order valence-electron chi connectivity index (χ3n) is 2.91. The van der Waals surface area contributed by atoms with Crippen molar-refractivity contribution >= 4 is 33.0 Å². The molecule has 0 bridgehead atoms. The summed E-state index contributed by atoms with van der Waals surface area (Å²) in [4.78, 5) is 0. The van der Waals surface area contributed by atoms with Gasteiger partial charge in [-0.1, -0.05) is 29.3 Å². The first kappa shape index (κ1) is 15.7. The summed E-state index contributed by atoms with van der Waals surface area (Å²) in [6.45, 7) is 1.61. The molecule has 102 valence electrons. The molecule has 2 atom stereocenters. The van der Waals surface area contributed by atoms with Gasteiger partial charge >= 0.3 is 0 Å². The van der Waals surface area contributed by atoms with Gasteiger partial charge in [0.1, 0.15) is 0 Å².